The topological polar surface area (TPSA) is 67.8 Å². The number of hydrogen-bond donors (Lipinski definition) is 0. The number of halogens is 1. The van der Waals surface area contributed by atoms with E-state index in [1.54, 1.807) is 31.2 Å². The third kappa shape index (κ3) is 3.34. The van der Waals surface area contributed by atoms with E-state index in [9.17, 15) is 9.18 Å². The monoisotopic (exact) mass is 386 g/mol. The SMILES string of the molecule is COc1ccc(O[C@@H]2CCN(c3nc4c(cc3C)C(=O)N(C)C4)C[C@@H]2F)cn1. The van der Waals surface area contributed by atoms with Gasteiger partial charge < -0.3 is 19.3 Å². The minimum absolute atomic E-state index is 0.0132. The molecule has 0 aromatic carbocycles. The Bertz CT molecular complexity index is 890. The highest BCUT2D eigenvalue weighted by atomic mass is 19.1. The number of amides is 1. The zero-order valence-corrected chi connectivity index (χ0v) is 16.2. The lowest BCUT2D eigenvalue weighted by atomic mass is 10.0. The fraction of sp³-hybridized carbons (Fsp3) is 0.450. The van der Waals surface area contributed by atoms with E-state index in [1.807, 2.05) is 17.9 Å². The highest BCUT2D eigenvalue weighted by Gasteiger charge is 2.34. The highest BCUT2D eigenvalue weighted by molar-refractivity contribution is 5.98. The first-order valence-electron chi connectivity index (χ1n) is 9.28. The predicted octanol–water partition coefficient (Wildman–Crippen LogP) is 2.38. The summed E-state index contributed by atoms with van der Waals surface area (Å²) in [7, 11) is 3.30. The highest BCUT2D eigenvalue weighted by Crippen LogP contribution is 2.30. The van der Waals surface area contributed by atoms with Crippen LogP contribution in [0, 0.1) is 6.92 Å². The van der Waals surface area contributed by atoms with Crippen molar-refractivity contribution in [1.82, 2.24) is 14.9 Å². The van der Waals surface area contributed by atoms with Crippen LogP contribution < -0.4 is 14.4 Å². The summed E-state index contributed by atoms with van der Waals surface area (Å²) >= 11 is 0. The molecule has 2 aliphatic heterocycles. The van der Waals surface area contributed by atoms with Crippen LogP contribution in [0.1, 0.15) is 28.0 Å². The number of ether oxygens (including phenoxy) is 2. The summed E-state index contributed by atoms with van der Waals surface area (Å²) in [5.74, 6) is 1.74. The van der Waals surface area contributed by atoms with Gasteiger partial charge in [0.15, 0.2) is 6.17 Å². The summed E-state index contributed by atoms with van der Waals surface area (Å²) in [6.07, 6.45) is 0.380. The van der Waals surface area contributed by atoms with Crippen molar-refractivity contribution in [3.05, 3.63) is 41.2 Å². The summed E-state index contributed by atoms with van der Waals surface area (Å²) in [4.78, 5) is 24.5. The number of carbonyl (C=O) groups is 1. The molecule has 28 heavy (non-hydrogen) atoms. The molecule has 2 aromatic heterocycles. The lowest BCUT2D eigenvalue weighted by Gasteiger charge is -2.36. The van der Waals surface area contributed by atoms with Gasteiger partial charge in [-0.2, -0.15) is 0 Å². The Labute approximate surface area is 163 Å². The van der Waals surface area contributed by atoms with Gasteiger partial charge in [0.25, 0.3) is 5.91 Å². The molecule has 7 nitrogen and oxygen atoms in total. The minimum atomic E-state index is -1.16. The van der Waals surface area contributed by atoms with E-state index in [-0.39, 0.29) is 12.5 Å². The van der Waals surface area contributed by atoms with E-state index in [0.29, 0.717) is 36.7 Å². The first kappa shape index (κ1) is 18.5. The van der Waals surface area contributed by atoms with Gasteiger partial charge >= 0.3 is 0 Å². The Morgan fingerprint density at radius 2 is 2.14 bits per heavy atom. The maximum absolute atomic E-state index is 14.8. The second-order valence-corrected chi connectivity index (χ2v) is 7.23. The van der Waals surface area contributed by atoms with Gasteiger partial charge in [0.05, 0.1) is 37.7 Å². The Morgan fingerprint density at radius 1 is 1.32 bits per heavy atom. The number of aryl methyl sites for hydroxylation is 1. The molecular weight excluding hydrogens is 363 g/mol. The Balaban J connectivity index is 1.45. The van der Waals surface area contributed by atoms with Gasteiger partial charge in [-0.15, -0.1) is 0 Å². The number of rotatable bonds is 4. The van der Waals surface area contributed by atoms with Gasteiger partial charge in [0, 0.05) is 26.1 Å². The van der Waals surface area contributed by atoms with E-state index in [1.165, 1.54) is 6.20 Å². The van der Waals surface area contributed by atoms with Crippen molar-refractivity contribution in [3.8, 4) is 11.6 Å². The first-order valence-corrected chi connectivity index (χ1v) is 9.28. The molecule has 8 heteroatoms. The van der Waals surface area contributed by atoms with Crippen LogP contribution in [0.3, 0.4) is 0 Å². The average molecular weight is 386 g/mol. The van der Waals surface area contributed by atoms with Gasteiger partial charge in [-0.05, 0) is 24.6 Å². The van der Waals surface area contributed by atoms with Crippen LogP contribution in [0.2, 0.25) is 0 Å². The molecule has 1 fully saturated rings. The van der Waals surface area contributed by atoms with Crippen LogP contribution in [0.15, 0.2) is 24.4 Å². The molecule has 148 valence electrons. The quantitative estimate of drug-likeness (QED) is 0.804. The Hall–Kier alpha value is -2.90. The van der Waals surface area contributed by atoms with Crippen molar-refractivity contribution in [1.29, 1.82) is 0 Å². The van der Waals surface area contributed by atoms with Crippen molar-refractivity contribution >= 4 is 11.7 Å². The van der Waals surface area contributed by atoms with Crippen molar-refractivity contribution in [2.75, 3.05) is 32.1 Å². The number of alkyl halides is 1. The van der Waals surface area contributed by atoms with Gasteiger partial charge in [0.1, 0.15) is 17.7 Å². The molecule has 0 bridgehead atoms. The Kier molecular flexibility index (Phi) is 4.78. The van der Waals surface area contributed by atoms with Gasteiger partial charge in [0.2, 0.25) is 5.88 Å². The first-order chi connectivity index (χ1) is 13.5. The lowest BCUT2D eigenvalue weighted by molar-refractivity contribution is 0.0814. The van der Waals surface area contributed by atoms with E-state index in [2.05, 4.69) is 9.97 Å². The zero-order chi connectivity index (χ0) is 19.8. The molecule has 2 atom stereocenters. The molecule has 4 rings (SSSR count). The number of carbonyl (C=O) groups excluding carboxylic acids is 1. The fourth-order valence-electron chi connectivity index (χ4n) is 3.71. The normalized spacial score (nSPS) is 21.6. The van der Waals surface area contributed by atoms with E-state index >= 15 is 0 Å². The molecule has 0 unspecified atom stereocenters. The molecule has 1 amide bonds. The zero-order valence-electron chi connectivity index (χ0n) is 16.2. The number of pyridine rings is 2. The van der Waals surface area contributed by atoms with E-state index in [4.69, 9.17) is 9.47 Å². The lowest BCUT2D eigenvalue weighted by Crippen LogP contribution is -2.47. The van der Waals surface area contributed by atoms with Crippen LogP contribution in [-0.4, -0.2) is 60.3 Å². The standard InChI is InChI=1S/C20H23FN4O3/c1-12-8-14-16(11-24(2)20(14)26)23-19(12)25-7-6-17(15(21)10-25)28-13-4-5-18(27-3)22-9-13/h4-5,8-9,15,17H,6-7,10-11H2,1-3H3/t15-,17+/m0/s1. The number of hydrogen-bond acceptors (Lipinski definition) is 6. The summed E-state index contributed by atoms with van der Waals surface area (Å²) < 4.78 is 25.7. The predicted molar refractivity (Wildman–Crippen MR) is 102 cm³/mol. The summed E-state index contributed by atoms with van der Waals surface area (Å²) in [5, 5.41) is 0. The summed E-state index contributed by atoms with van der Waals surface area (Å²) in [6.45, 7) is 3.23. The van der Waals surface area contributed by atoms with Crippen molar-refractivity contribution in [2.45, 2.75) is 32.2 Å². The van der Waals surface area contributed by atoms with Gasteiger partial charge in [-0.1, -0.05) is 0 Å². The fourth-order valence-corrected chi connectivity index (χ4v) is 3.71. The van der Waals surface area contributed by atoms with Gasteiger partial charge in [-0.25, -0.2) is 14.4 Å². The molecule has 4 heterocycles. The maximum Gasteiger partial charge on any atom is 0.255 e. The second-order valence-electron chi connectivity index (χ2n) is 7.23. The number of aromatic nitrogens is 2. The summed E-state index contributed by atoms with van der Waals surface area (Å²) in [6, 6.07) is 5.28. The average Bonchev–Trinajstić information content (AvgIpc) is 2.97. The molecule has 0 saturated carbocycles. The van der Waals surface area contributed by atoms with Gasteiger partial charge in [-0.3, -0.25) is 4.79 Å². The third-order valence-electron chi connectivity index (χ3n) is 5.22. The van der Waals surface area contributed by atoms with Crippen LogP contribution in [0.25, 0.3) is 0 Å². The molecule has 2 aromatic rings. The number of methoxy groups -OCH3 is 1. The minimum Gasteiger partial charge on any atom is -0.486 e. The smallest absolute Gasteiger partial charge is 0.255 e. The number of fused-ring (bicyclic) bond motifs is 1. The van der Waals surface area contributed by atoms with E-state index < -0.39 is 12.3 Å². The van der Waals surface area contributed by atoms with Crippen molar-refractivity contribution in [2.24, 2.45) is 0 Å². The van der Waals surface area contributed by atoms with Crippen molar-refractivity contribution < 1.29 is 18.7 Å². The summed E-state index contributed by atoms with van der Waals surface area (Å²) in [5.41, 5.74) is 2.28. The number of nitrogens with zero attached hydrogens (tertiary/aromatic N) is 4. The van der Waals surface area contributed by atoms with E-state index in [0.717, 1.165) is 17.1 Å². The molecule has 0 aliphatic carbocycles. The molecular formula is C20H23FN4O3. The third-order valence-corrected chi connectivity index (χ3v) is 5.22. The number of piperidine rings is 1. The van der Waals surface area contributed by atoms with Crippen LogP contribution in [0.4, 0.5) is 10.2 Å². The number of anilines is 1. The largest absolute Gasteiger partial charge is 0.486 e. The molecule has 2 aliphatic rings. The maximum atomic E-state index is 14.8. The van der Waals surface area contributed by atoms with Crippen molar-refractivity contribution in [3.63, 3.8) is 0 Å². The van der Waals surface area contributed by atoms with Crippen LogP contribution in [-0.2, 0) is 6.54 Å². The molecule has 0 spiro atoms. The van der Waals surface area contributed by atoms with Crippen LogP contribution in [0.5, 0.6) is 11.6 Å². The molecule has 0 N–H and O–H groups in total. The Morgan fingerprint density at radius 3 is 2.82 bits per heavy atom. The molecule has 1 saturated heterocycles. The second kappa shape index (κ2) is 7.26. The van der Waals surface area contributed by atoms with Crippen LogP contribution >= 0.6 is 0 Å². The molecule has 0 radical (unpaired) electrons.